The van der Waals surface area contributed by atoms with E-state index in [0.717, 1.165) is 18.1 Å². The molecule has 23 heavy (non-hydrogen) atoms. The fraction of sp³-hybridized carbons (Fsp3) is 0.462. The average molecular weight is 376 g/mol. The van der Waals surface area contributed by atoms with Gasteiger partial charge < -0.3 is 19.9 Å². The average Bonchev–Trinajstić information content (AvgIpc) is 3.18. The molecule has 124 valence electrons. The topological polar surface area (TPSA) is 83.1 Å². The van der Waals surface area contributed by atoms with Crippen molar-refractivity contribution in [2.24, 2.45) is 0 Å². The molecule has 2 N–H and O–H groups in total. The van der Waals surface area contributed by atoms with Crippen LogP contribution in [0.2, 0.25) is 10.3 Å². The maximum absolute atomic E-state index is 12.2. The monoisotopic (exact) mass is 375 g/mol. The van der Waals surface area contributed by atoms with E-state index in [9.17, 15) is 4.79 Å². The summed E-state index contributed by atoms with van der Waals surface area (Å²) in [6, 6.07) is -0.119. The predicted octanol–water partition coefficient (Wildman–Crippen LogP) is 2.20. The maximum Gasteiger partial charge on any atom is 0.287 e. The van der Waals surface area contributed by atoms with E-state index in [-0.39, 0.29) is 34.2 Å². The van der Waals surface area contributed by atoms with E-state index in [0.29, 0.717) is 6.54 Å². The molecule has 0 bridgehead atoms. The van der Waals surface area contributed by atoms with Crippen LogP contribution < -0.4 is 10.2 Å². The van der Waals surface area contributed by atoms with Crippen molar-refractivity contribution in [2.75, 3.05) is 25.1 Å². The summed E-state index contributed by atoms with van der Waals surface area (Å²) in [5.74, 6) is -0.259. The lowest BCUT2D eigenvalue weighted by molar-refractivity contribution is 0.0538. The van der Waals surface area contributed by atoms with Gasteiger partial charge in [0, 0.05) is 31.8 Å². The molecular weight excluding hydrogens is 361 g/mol. The molecule has 0 saturated carbocycles. The number of methoxy groups -OCH3 is 1. The predicted molar refractivity (Wildman–Crippen MR) is 89.6 cm³/mol. The van der Waals surface area contributed by atoms with E-state index in [1.54, 1.807) is 24.6 Å². The highest BCUT2D eigenvalue weighted by Crippen LogP contribution is 2.24. The SMILES string of the molecule is COC1CN(c2nccs2)CCC1NC(=O)c1nc(Cl)c(Cl)[nH]1. The van der Waals surface area contributed by atoms with Gasteiger partial charge in [0.2, 0.25) is 0 Å². The molecule has 1 amide bonds. The molecule has 3 heterocycles. The van der Waals surface area contributed by atoms with Gasteiger partial charge in [0.1, 0.15) is 5.15 Å². The number of amides is 1. The number of nitrogens with one attached hydrogen (secondary N) is 2. The van der Waals surface area contributed by atoms with Gasteiger partial charge in [0.15, 0.2) is 16.1 Å². The van der Waals surface area contributed by atoms with Crippen LogP contribution >= 0.6 is 34.5 Å². The first-order valence-electron chi connectivity index (χ1n) is 6.97. The van der Waals surface area contributed by atoms with Gasteiger partial charge in [0.05, 0.1) is 12.1 Å². The molecule has 0 aromatic carbocycles. The van der Waals surface area contributed by atoms with Crippen LogP contribution in [-0.4, -0.2) is 53.2 Å². The third-order valence-electron chi connectivity index (χ3n) is 3.70. The minimum absolute atomic E-state index is 0.0821. The third kappa shape index (κ3) is 3.60. The Labute approximate surface area is 147 Å². The smallest absolute Gasteiger partial charge is 0.287 e. The lowest BCUT2D eigenvalue weighted by Crippen LogP contribution is -2.55. The fourth-order valence-corrected chi connectivity index (χ4v) is 3.48. The summed E-state index contributed by atoms with van der Waals surface area (Å²) >= 11 is 13.1. The molecular formula is C13H15Cl2N5O2S. The van der Waals surface area contributed by atoms with Crippen molar-refractivity contribution in [1.82, 2.24) is 20.3 Å². The van der Waals surface area contributed by atoms with E-state index in [1.807, 2.05) is 5.38 Å². The lowest BCUT2D eigenvalue weighted by Gasteiger charge is -2.37. The Morgan fingerprint density at radius 2 is 2.39 bits per heavy atom. The molecule has 2 aromatic rings. The number of carbonyl (C=O) groups excluding carboxylic acids is 1. The molecule has 2 unspecified atom stereocenters. The van der Waals surface area contributed by atoms with Crippen LogP contribution in [0.1, 0.15) is 17.0 Å². The number of ether oxygens (including phenoxy) is 1. The minimum Gasteiger partial charge on any atom is -0.377 e. The lowest BCUT2D eigenvalue weighted by atomic mass is 10.0. The number of thiazole rings is 1. The molecule has 10 heteroatoms. The van der Waals surface area contributed by atoms with Crippen LogP contribution in [0.3, 0.4) is 0 Å². The van der Waals surface area contributed by atoms with Gasteiger partial charge in [-0.3, -0.25) is 4.79 Å². The Hall–Kier alpha value is -1.35. The summed E-state index contributed by atoms with van der Waals surface area (Å²) in [6.07, 6.45) is 2.38. The zero-order chi connectivity index (χ0) is 16.4. The number of hydrogen-bond donors (Lipinski definition) is 2. The van der Waals surface area contributed by atoms with Crippen molar-refractivity contribution in [3.63, 3.8) is 0 Å². The fourth-order valence-electron chi connectivity index (χ4n) is 2.54. The van der Waals surface area contributed by atoms with E-state index in [1.165, 1.54) is 0 Å². The molecule has 2 aromatic heterocycles. The van der Waals surface area contributed by atoms with Crippen molar-refractivity contribution in [2.45, 2.75) is 18.6 Å². The van der Waals surface area contributed by atoms with Crippen LogP contribution in [0.15, 0.2) is 11.6 Å². The highest BCUT2D eigenvalue weighted by molar-refractivity contribution is 7.13. The van der Waals surface area contributed by atoms with E-state index >= 15 is 0 Å². The number of carbonyl (C=O) groups is 1. The summed E-state index contributed by atoms with van der Waals surface area (Å²) in [4.78, 5) is 25.3. The van der Waals surface area contributed by atoms with E-state index < -0.39 is 0 Å². The first kappa shape index (κ1) is 16.5. The molecule has 2 atom stereocenters. The summed E-state index contributed by atoms with van der Waals surface area (Å²) < 4.78 is 5.54. The van der Waals surface area contributed by atoms with Crippen molar-refractivity contribution in [1.29, 1.82) is 0 Å². The highest BCUT2D eigenvalue weighted by atomic mass is 35.5. The van der Waals surface area contributed by atoms with Crippen LogP contribution in [0.25, 0.3) is 0 Å². The van der Waals surface area contributed by atoms with Crippen molar-refractivity contribution in [3.05, 3.63) is 27.7 Å². The second kappa shape index (κ2) is 7.04. The number of aromatic nitrogens is 3. The van der Waals surface area contributed by atoms with Gasteiger partial charge in [-0.15, -0.1) is 11.3 Å². The molecule has 7 nitrogen and oxygen atoms in total. The first-order valence-corrected chi connectivity index (χ1v) is 8.61. The first-order chi connectivity index (χ1) is 11.1. The number of H-pyrrole nitrogens is 1. The summed E-state index contributed by atoms with van der Waals surface area (Å²) in [7, 11) is 1.63. The normalized spacial score (nSPS) is 21.4. The Morgan fingerprint density at radius 3 is 3.00 bits per heavy atom. The molecule has 1 aliphatic heterocycles. The standard InChI is InChI=1S/C13H15Cl2N5O2S/c1-22-8-6-20(13-16-3-5-23-13)4-2-7(8)17-12(21)11-18-9(14)10(15)19-11/h3,5,7-8H,2,4,6H2,1H3,(H,17,21)(H,18,19). The number of nitrogens with zero attached hydrogens (tertiary/aromatic N) is 3. The largest absolute Gasteiger partial charge is 0.377 e. The molecule has 1 aliphatic rings. The van der Waals surface area contributed by atoms with Gasteiger partial charge in [-0.2, -0.15) is 0 Å². The number of piperidine rings is 1. The Balaban J connectivity index is 1.65. The van der Waals surface area contributed by atoms with Gasteiger partial charge >= 0.3 is 0 Å². The number of halogens is 2. The molecule has 0 spiro atoms. The molecule has 1 saturated heterocycles. The second-order valence-corrected chi connectivity index (χ2v) is 6.70. The number of aromatic amines is 1. The van der Waals surface area contributed by atoms with Crippen molar-refractivity contribution in [3.8, 4) is 0 Å². The minimum atomic E-state index is -0.353. The molecule has 0 aliphatic carbocycles. The maximum atomic E-state index is 12.2. The Kier molecular flexibility index (Phi) is 5.05. The Morgan fingerprint density at radius 1 is 1.57 bits per heavy atom. The second-order valence-electron chi connectivity index (χ2n) is 5.09. The van der Waals surface area contributed by atoms with Crippen LogP contribution in [0.5, 0.6) is 0 Å². The van der Waals surface area contributed by atoms with E-state index in [2.05, 4.69) is 25.2 Å². The van der Waals surface area contributed by atoms with Crippen molar-refractivity contribution < 1.29 is 9.53 Å². The molecule has 0 radical (unpaired) electrons. The Bertz CT molecular complexity index is 658. The number of hydrogen-bond acceptors (Lipinski definition) is 6. The van der Waals surface area contributed by atoms with Gasteiger partial charge in [-0.25, -0.2) is 9.97 Å². The molecule has 1 fully saturated rings. The van der Waals surface area contributed by atoms with Crippen LogP contribution in [0.4, 0.5) is 5.13 Å². The molecule has 3 rings (SSSR count). The number of rotatable bonds is 4. The number of imidazole rings is 1. The summed E-state index contributed by atoms with van der Waals surface area (Å²) in [6.45, 7) is 1.45. The van der Waals surface area contributed by atoms with Gasteiger partial charge in [0.25, 0.3) is 5.91 Å². The summed E-state index contributed by atoms with van der Waals surface area (Å²) in [5.41, 5.74) is 0. The zero-order valence-corrected chi connectivity index (χ0v) is 14.6. The number of anilines is 1. The zero-order valence-electron chi connectivity index (χ0n) is 12.3. The van der Waals surface area contributed by atoms with Gasteiger partial charge in [-0.05, 0) is 6.42 Å². The summed E-state index contributed by atoms with van der Waals surface area (Å²) in [5, 5.41) is 6.06. The van der Waals surface area contributed by atoms with Crippen LogP contribution in [0, 0.1) is 0 Å². The third-order valence-corrected chi connectivity index (χ3v) is 5.18. The van der Waals surface area contributed by atoms with E-state index in [4.69, 9.17) is 27.9 Å². The highest BCUT2D eigenvalue weighted by Gasteiger charge is 2.32. The van der Waals surface area contributed by atoms with Crippen LogP contribution in [-0.2, 0) is 4.74 Å². The van der Waals surface area contributed by atoms with Crippen molar-refractivity contribution >= 4 is 45.6 Å². The quantitative estimate of drug-likeness (QED) is 0.855. The van der Waals surface area contributed by atoms with Gasteiger partial charge in [-0.1, -0.05) is 23.2 Å².